The van der Waals surface area contributed by atoms with E-state index in [9.17, 15) is 9.18 Å². The molecule has 3 aromatic rings. The van der Waals surface area contributed by atoms with Gasteiger partial charge in [0.25, 0.3) is 5.91 Å². The van der Waals surface area contributed by atoms with Gasteiger partial charge in [0.15, 0.2) is 0 Å². The van der Waals surface area contributed by atoms with E-state index in [2.05, 4.69) is 27.7 Å². The standard InChI is InChI=1S/C29H30ClFN2O/c1-27(2)16-22-23(25-28(3,4)19-13-14-29(25,27)15-19)32-33(24(22)17-5-9-20(30)10-6-17)26(34)18-7-11-21(31)12-8-18/h5-12,19,25H,13-16H2,1-4H3. The van der Waals surface area contributed by atoms with Crippen LogP contribution in [0.3, 0.4) is 0 Å². The van der Waals surface area contributed by atoms with Gasteiger partial charge in [-0.15, -0.1) is 0 Å². The highest BCUT2D eigenvalue weighted by atomic mass is 35.5. The summed E-state index contributed by atoms with van der Waals surface area (Å²) < 4.78 is 15.2. The van der Waals surface area contributed by atoms with Gasteiger partial charge in [0.1, 0.15) is 5.82 Å². The van der Waals surface area contributed by atoms with Crippen molar-refractivity contribution in [2.45, 2.75) is 59.3 Å². The number of halogens is 2. The highest BCUT2D eigenvalue weighted by Gasteiger charge is 2.69. The fourth-order valence-corrected chi connectivity index (χ4v) is 7.92. The van der Waals surface area contributed by atoms with E-state index in [0.717, 1.165) is 23.4 Å². The summed E-state index contributed by atoms with van der Waals surface area (Å²) in [5.41, 5.74) is 4.91. The molecule has 0 amide bonds. The van der Waals surface area contributed by atoms with Gasteiger partial charge >= 0.3 is 0 Å². The average Bonchev–Trinajstić information content (AvgIpc) is 3.44. The maximum Gasteiger partial charge on any atom is 0.278 e. The molecular weight excluding hydrogens is 447 g/mol. The number of carbonyl (C=O) groups is 1. The summed E-state index contributed by atoms with van der Waals surface area (Å²) in [4.78, 5) is 13.8. The molecule has 2 aromatic carbocycles. The molecule has 176 valence electrons. The number of carbonyl (C=O) groups excluding carboxylic acids is 1. The first-order valence-corrected chi connectivity index (χ1v) is 12.6. The second-order valence-electron chi connectivity index (χ2n) is 11.9. The number of nitrogens with zero attached hydrogens (tertiary/aromatic N) is 2. The topological polar surface area (TPSA) is 34.9 Å². The summed E-state index contributed by atoms with van der Waals surface area (Å²) in [6, 6.07) is 13.4. The monoisotopic (exact) mass is 476 g/mol. The summed E-state index contributed by atoms with van der Waals surface area (Å²) in [7, 11) is 0. The zero-order valence-corrected chi connectivity index (χ0v) is 20.9. The third-order valence-electron chi connectivity index (χ3n) is 9.55. The van der Waals surface area contributed by atoms with Gasteiger partial charge in [-0.3, -0.25) is 4.79 Å². The summed E-state index contributed by atoms with van der Waals surface area (Å²) in [5.74, 6) is 0.402. The Labute approximate surface area is 205 Å². The van der Waals surface area contributed by atoms with Crippen molar-refractivity contribution >= 4 is 17.5 Å². The number of rotatable bonds is 2. The Kier molecular flexibility index (Phi) is 4.56. The molecule has 3 unspecified atom stereocenters. The van der Waals surface area contributed by atoms with Crippen molar-refractivity contribution in [2.24, 2.45) is 22.2 Å². The summed E-state index contributed by atoms with van der Waals surface area (Å²) in [5, 5.41) is 5.76. The molecule has 5 heteroatoms. The number of aromatic nitrogens is 2. The Balaban J connectivity index is 1.61. The molecule has 0 aliphatic heterocycles. The van der Waals surface area contributed by atoms with E-state index in [1.165, 1.54) is 49.1 Å². The second-order valence-corrected chi connectivity index (χ2v) is 12.3. The lowest BCUT2D eigenvalue weighted by Gasteiger charge is -2.55. The van der Waals surface area contributed by atoms with E-state index in [-0.39, 0.29) is 28.0 Å². The predicted molar refractivity (Wildman–Crippen MR) is 133 cm³/mol. The summed E-state index contributed by atoms with van der Waals surface area (Å²) >= 11 is 6.20. The molecule has 34 heavy (non-hydrogen) atoms. The number of benzene rings is 2. The third kappa shape index (κ3) is 2.81. The SMILES string of the molecule is CC1(C)C2CCC3(C2)C1c1nn(C(=O)c2ccc(F)cc2)c(-c2ccc(Cl)cc2)c1CC3(C)C. The fourth-order valence-electron chi connectivity index (χ4n) is 7.80. The Morgan fingerprint density at radius 2 is 1.74 bits per heavy atom. The van der Waals surface area contributed by atoms with Gasteiger partial charge in [0.2, 0.25) is 0 Å². The molecule has 0 saturated heterocycles. The van der Waals surface area contributed by atoms with Crippen LogP contribution in [0.4, 0.5) is 4.39 Å². The molecule has 3 atom stereocenters. The second kappa shape index (κ2) is 7.04. The zero-order valence-electron chi connectivity index (χ0n) is 20.2. The van der Waals surface area contributed by atoms with Gasteiger partial charge in [-0.05, 0) is 84.2 Å². The van der Waals surface area contributed by atoms with Crippen LogP contribution in [-0.4, -0.2) is 15.7 Å². The van der Waals surface area contributed by atoms with Crippen LogP contribution in [0.2, 0.25) is 5.02 Å². The smallest absolute Gasteiger partial charge is 0.267 e. The Bertz CT molecular complexity index is 1310. The van der Waals surface area contributed by atoms with Crippen LogP contribution in [0.15, 0.2) is 48.5 Å². The molecule has 2 bridgehead atoms. The first kappa shape index (κ1) is 22.0. The predicted octanol–water partition coefficient (Wildman–Crippen LogP) is 7.52. The van der Waals surface area contributed by atoms with Crippen molar-refractivity contribution < 1.29 is 9.18 Å². The van der Waals surface area contributed by atoms with Gasteiger partial charge in [0, 0.05) is 27.6 Å². The van der Waals surface area contributed by atoms with E-state index in [0.29, 0.717) is 22.4 Å². The Hall–Kier alpha value is -2.46. The molecule has 0 radical (unpaired) electrons. The van der Waals surface area contributed by atoms with Crippen molar-refractivity contribution in [2.75, 3.05) is 0 Å². The molecule has 2 fully saturated rings. The number of hydrogen-bond donors (Lipinski definition) is 0. The van der Waals surface area contributed by atoms with Crippen LogP contribution < -0.4 is 0 Å². The van der Waals surface area contributed by atoms with Crippen molar-refractivity contribution in [3.8, 4) is 11.3 Å². The zero-order chi connectivity index (χ0) is 24.0. The quantitative estimate of drug-likeness (QED) is 0.383. The van der Waals surface area contributed by atoms with Gasteiger partial charge in [-0.2, -0.15) is 9.78 Å². The third-order valence-corrected chi connectivity index (χ3v) is 9.81. The first-order valence-electron chi connectivity index (χ1n) is 12.2. The van der Waals surface area contributed by atoms with Gasteiger partial charge in [0.05, 0.1) is 11.4 Å². The highest BCUT2D eigenvalue weighted by Crippen LogP contribution is 2.77. The van der Waals surface area contributed by atoms with E-state index in [1.807, 2.05) is 24.3 Å². The molecule has 6 rings (SSSR count). The van der Waals surface area contributed by atoms with Crippen molar-refractivity contribution in [3.63, 3.8) is 0 Å². The summed E-state index contributed by atoms with van der Waals surface area (Å²) in [6.07, 6.45) is 4.64. The lowest BCUT2D eigenvalue weighted by atomic mass is 9.49. The Morgan fingerprint density at radius 3 is 2.41 bits per heavy atom. The molecule has 1 heterocycles. The van der Waals surface area contributed by atoms with E-state index in [4.69, 9.17) is 16.7 Å². The number of fused-ring (bicyclic) bond motifs is 3. The molecule has 2 saturated carbocycles. The maximum absolute atomic E-state index is 13.8. The van der Waals surface area contributed by atoms with Crippen LogP contribution in [0.5, 0.6) is 0 Å². The van der Waals surface area contributed by atoms with Crippen molar-refractivity contribution in [1.82, 2.24) is 9.78 Å². The minimum absolute atomic E-state index is 0.0984. The lowest BCUT2D eigenvalue weighted by Crippen LogP contribution is -2.48. The van der Waals surface area contributed by atoms with Crippen molar-refractivity contribution in [3.05, 3.63) is 76.2 Å². The molecule has 1 aromatic heterocycles. The summed E-state index contributed by atoms with van der Waals surface area (Å²) in [6.45, 7) is 9.63. The van der Waals surface area contributed by atoms with Crippen molar-refractivity contribution in [1.29, 1.82) is 0 Å². The van der Waals surface area contributed by atoms with Gasteiger partial charge in [-0.1, -0.05) is 51.4 Å². The van der Waals surface area contributed by atoms with E-state index in [1.54, 1.807) is 4.68 Å². The molecule has 3 aliphatic rings. The first-order chi connectivity index (χ1) is 16.0. The largest absolute Gasteiger partial charge is 0.278 e. The van der Waals surface area contributed by atoms with Crippen LogP contribution in [-0.2, 0) is 6.42 Å². The normalized spacial score (nSPS) is 27.9. The van der Waals surface area contributed by atoms with Gasteiger partial charge in [-0.25, -0.2) is 4.39 Å². The average molecular weight is 477 g/mol. The van der Waals surface area contributed by atoms with Crippen LogP contribution in [0.25, 0.3) is 11.3 Å². The number of hydrogen-bond acceptors (Lipinski definition) is 2. The van der Waals surface area contributed by atoms with E-state index >= 15 is 0 Å². The molecule has 1 spiro atoms. The molecular formula is C29H30ClFN2O. The van der Waals surface area contributed by atoms with Gasteiger partial charge < -0.3 is 0 Å². The molecule has 0 N–H and O–H groups in total. The highest BCUT2D eigenvalue weighted by molar-refractivity contribution is 6.30. The van der Waals surface area contributed by atoms with Crippen LogP contribution in [0, 0.1) is 28.0 Å². The van der Waals surface area contributed by atoms with Crippen LogP contribution >= 0.6 is 11.6 Å². The minimum atomic E-state index is -0.360. The van der Waals surface area contributed by atoms with E-state index < -0.39 is 0 Å². The molecule has 3 nitrogen and oxygen atoms in total. The lowest BCUT2D eigenvalue weighted by molar-refractivity contribution is 0.00338. The fraction of sp³-hybridized carbons (Fsp3) is 0.448. The molecule has 3 aliphatic carbocycles. The maximum atomic E-state index is 13.8. The minimum Gasteiger partial charge on any atom is -0.267 e. The van der Waals surface area contributed by atoms with Crippen LogP contribution in [0.1, 0.15) is 74.5 Å². The Morgan fingerprint density at radius 1 is 1.06 bits per heavy atom.